The molecule has 1 aliphatic carbocycles. The lowest BCUT2D eigenvalue weighted by Gasteiger charge is -2.36. The first-order valence-corrected chi connectivity index (χ1v) is 11.6. The maximum Gasteiger partial charge on any atom is 0.336 e. The van der Waals surface area contributed by atoms with Crippen molar-refractivity contribution >= 4 is 11.8 Å². The number of allylic oxidation sites excluding steroid dienone is 3. The summed E-state index contributed by atoms with van der Waals surface area (Å²) >= 11 is 0. The summed E-state index contributed by atoms with van der Waals surface area (Å²) in [7, 11) is 1.62. The van der Waals surface area contributed by atoms with E-state index in [9.17, 15) is 14.0 Å². The Hall–Kier alpha value is -3.41. The predicted octanol–water partition coefficient (Wildman–Crippen LogP) is 5.40. The number of Topliss-reactive ketones (excluding diaryl/α,β-unsaturated/α-hetero) is 1. The second-order valence-corrected chi connectivity index (χ2v) is 9.33. The molecule has 178 valence electrons. The highest BCUT2D eigenvalue weighted by Crippen LogP contribution is 2.45. The van der Waals surface area contributed by atoms with Crippen LogP contribution in [0.5, 0.6) is 5.75 Å². The van der Waals surface area contributed by atoms with Crippen molar-refractivity contribution < 1.29 is 23.5 Å². The molecule has 6 heteroatoms. The minimum Gasteiger partial charge on any atom is -0.497 e. The van der Waals surface area contributed by atoms with Gasteiger partial charge in [0, 0.05) is 29.3 Å². The van der Waals surface area contributed by atoms with Gasteiger partial charge in [0.15, 0.2) is 5.78 Å². The fraction of sp³-hybridized carbons (Fsp3) is 0.357. The monoisotopic (exact) mass is 463 g/mol. The van der Waals surface area contributed by atoms with Gasteiger partial charge in [-0.1, -0.05) is 38.1 Å². The second-order valence-electron chi connectivity index (χ2n) is 9.33. The van der Waals surface area contributed by atoms with Crippen molar-refractivity contribution in [3.8, 4) is 5.75 Å². The van der Waals surface area contributed by atoms with E-state index in [4.69, 9.17) is 9.47 Å². The number of carbonyl (C=O) groups is 2. The van der Waals surface area contributed by atoms with Gasteiger partial charge in [-0.25, -0.2) is 9.18 Å². The summed E-state index contributed by atoms with van der Waals surface area (Å²) in [5, 5.41) is 3.34. The Bertz CT molecular complexity index is 1150. The molecule has 0 amide bonds. The van der Waals surface area contributed by atoms with Gasteiger partial charge in [-0.2, -0.15) is 0 Å². The number of hydrogen-bond acceptors (Lipinski definition) is 5. The summed E-state index contributed by atoms with van der Waals surface area (Å²) in [4.78, 5) is 26.7. The molecule has 1 heterocycles. The average Bonchev–Trinajstić information content (AvgIpc) is 2.82. The third-order valence-corrected chi connectivity index (χ3v) is 6.39. The van der Waals surface area contributed by atoms with Crippen molar-refractivity contribution in [2.45, 2.75) is 45.4 Å². The van der Waals surface area contributed by atoms with Crippen LogP contribution in [0.3, 0.4) is 0 Å². The number of benzene rings is 2. The molecule has 2 aromatic carbocycles. The number of nitrogens with one attached hydrogen (secondary N) is 1. The van der Waals surface area contributed by atoms with Gasteiger partial charge in [-0.3, -0.25) is 4.79 Å². The summed E-state index contributed by atoms with van der Waals surface area (Å²) < 4.78 is 24.5. The third kappa shape index (κ3) is 4.76. The lowest BCUT2D eigenvalue weighted by atomic mass is 9.71. The Morgan fingerprint density at radius 1 is 1.06 bits per heavy atom. The number of rotatable bonds is 6. The Morgan fingerprint density at radius 2 is 1.71 bits per heavy atom. The first kappa shape index (κ1) is 23.7. The highest BCUT2D eigenvalue weighted by Gasteiger charge is 2.41. The number of ketones is 1. The van der Waals surface area contributed by atoms with Crippen LogP contribution in [0, 0.1) is 11.7 Å². The molecule has 0 spiro atoms. The number of carbonyl (C=O) groups excluding carboxylic acids is 2. The third-order valence-electron chi connectivity index (χ3n) is 6.39. The van der Waals surface area contributed by atoms with Gasteiger partial charge >= 0.3 is 5.97 Å². The minimum absolute atomic E-state index is 0.0146. The normalized spacial score (nSPS) is 20.2. The first-order valence-electron chi connectivity index (χ1n) is 11.6. The van der Waals surface area contributed by atoms with Gasteiger partial charge in [0.05, 0.1) is 19.3 Å². The van der Waals surface area contributed by atoms with E-state index in [2.05, 4.69) is 5.32 Å². The Labute approximate surface area is 199 Å². The van der Waals surface area contributed by atoms with Gasteiger partial charge < -0.3 is 14.8 Å². The Kier molecular flexibility index (Phi) is 6.87. The molecule has 0 saturated carbocycles. The zero-order chi connectivity index (χ0) is 24.4. The van der Waals surface area contributed by atoms with Gasteiger partial charge in [-0.05, 0) is 60.6 Å². The smallest absolute Gasteiger partial charge is 0.336 e. The molecule has 2 unspecified atom stereocenters. The van der Waals surface area contributed by atoms with Crippen molar-refractivity contribution in [2.75, 3.05) is 13.7 Å². The Balaban J connectivity index is 1.73. The number of esters is 1. The standard InChI is InChI=1S/C28H30FNO4/c1-16(2)15-34-28(32)25-17(3)30-23-13-20(18-7-11-22(33-4)12-8-18)14-24(31)27(23)26(25)19-5-9-21(29)10-6-19/h5-12,16,20,26,30H,13-15H2,1-4H3. The van der Waals surface area contributed by atoms with E-state index in [1.54, 1.807) is 19.2 Å². The van der Waals surface area contributed by atoms with Crippen LogP contribution in [0.15, 0.2) is 71.1 Å². The number of halogens is 1. The van der Waals surface area contributed by atoms with Crippen LogP contribution in [-0.2, 0) is 14.3 Å². The van der Waals surface area contributed by atoms with Crippen LogP contribution in [-0.4, -0.2) is 25.5 Å². The van der Waals surface area contributed by atoms with E-state index in [1.165, 1.54) is 12.1 Å². The summed E-state index contributed by atoms with van der Waals surface area (Å²) in [5.41, 5.74) is 4.20. The molecule has 0 saturated heterocycles. The van der Waals surface area contributed by atoms with Crippen molar-refractivity contribution in [2.24, 2.45) is 5.92 Å². The van der Waals surface area contributed by atoms with Crippen LogP contribution in [0.1, 0.15) is 56.6 Å². The molecule has 4 rings (SSSR count). The molecule has 0 fully saturated rings. The summed E-state index contributed by atoms with van der Waals surface area (Å²) in [6.07, 6.45) is 0.967. The van der Waals surface area contributed by atoms with Crippen molar-refractivity contribution in [3.63, 3.8) is 0 Å². The van der Waals surface area contributed by atoms with Crippen molar-refractivity contribution in [1.82, 2.24) is 5.32 Å². The molecule has 2 atom stereocenters. The SMILES string of the molecule is COc1ccc(C2CC(=O)C3=C(C2)NC(C)=C(C(=O)OCC(C)C)C3c2ccc(F)cc2)cc1. The molecule has 0 radical (unpaired) electrons. The second kappa shape index (κ2) is 9.84. The van der Waals surface area contributed by atoms with Crippen LogP contribution in [0.2, 0.25) is 0 Å². The van der Waals surface area contributed by atoms with E-state index < -0.39 is 11.9 Å². The fourth-order valence-electron chi connectivity index (χ4n) is 4.73. The van der Waals surface area contributed by atoms with E-state index in [0.29, 0.717) is 35.2 Å². The molecule has 34 heavy (non-hydrogen) atoms. The molecular formula is C28H30FNO4. The minimum atomic E-state index is -0.596. The summed E-state index contributed by atoms with van der Waals surface area (Å²) in [5.74, 6) is -0.480. The van der Waals surface area contributed by atoms with E-state index in [1.807, 2.05) is 45.0 Å². The lowest BCUT2D eigenvalue weighted by Crippen LogP contribution is -2.36. The summed E-state index contributed by atoms with van der Waals surface area (Å²) in [6, 6.07) is 13.8. The molecule has 2 aromatic rings. The topological polar surface area (TPSA) is 64.6 Å². The van der Waals surface area contributed by atoms with Gasteiger partial charge in [0.25, 0.3) is 0 Å². The molecule has 0 aromatic heterocycles. The molecule has 5 nitrogen and oxygen atoms in total. The van der Waals surface area contributed by atoms with Crippen LogP contribution in [0.4, 0.5) is 4.39 Å². The van der Waals surface area contributed by atoms with E-state index in [-0.39, 0.29) is 30.0 Å². The van der Waals surface area contributed by atoms with E-state index >= 15 is 0 Å². The van der Waals surface area contributed by atoms with Crippen LogP contribution < -0.4 is 10.1 Å². The predicted molar refractivity (Wildman–Crippen MR) is 128 cm³/mol. The maximum absolute atomic E-state index is 13.7. The number of methoxy groups -OCH3 is 1. The van der Waals surface area contributed by atoms with Crippen LogP contribution >= 0.6 is 0 Å². The largest absolute Gasteiger partial charge is 0.497 e. The van der Waals surface area contributed by atoms with Gasteiger partial charge in [-0.15, -0.1) is 0 Å². The molecule has 1 N–H and O–H groups in total. The quantitative estimate of drug-likeness (QED) is 0.582. The number of ether oxygens (including phenoxy) is 2. The number of hydrogen-bond donors (Lipinski definition) is 1. The van der Waals surface area contributed by atoms with Gasteiger partial charge in [0.1, 0.15) is 11.6 Å². The van der Waals surface area contributed by atoms with Crippen molar-refractivity contribution in [1.29, 1.82) is 0 Å². The fourth-order valence-corrected chi connectivity index (χ4v) is 4.73. The summed E-state index contributed by atoms with van der Waals surface area (Å²) in [6.45, 7) is 6.05. The number of dihydropyridines is 1. The Morgan fingerprint density at radius 3 is 2.32 bits per heavy atom. The molecule has 0 bridgehead atoms. The highest BCUT2D eigenvalue weighted by atomic mass is 19.1. The van der Waals surface area contributed by atoms with Crippen LogP contribution in [0.25, 0.3) is 0 Å². The van der Waals surface area contributed by atoms with Gasteiger partial charge in [0.2, 0.25) is 0 Å². The lowest BCUT2D eigenvalue weighted by molar-refractivity contribution is -0.140. The molecule has 2 aliphatic rings. The van der Waals surface area contributed by atoms with Crippen molar-refractivity contribution in [3.05, 3.63) is 88.0 Å². The zero-order valence-electron chi connectivity index (χ0n) is 20.0. The molecule has 1 aliphatic heterocycles. The first-order chi connectivity index (χ1) is 16.3. The molecular weight excluding hydrogens is 433 g/mol. The highest BCUT2D eigenvalue weighted by molar-refractivity contribution is 6.04. The average molecular weight is 464 g/mol. The zero-order valence-corrected chi connectivity index (χ0v) is 20.0. The maximum atomic E-state index is 13.7. The van der Waals surface area contributed by atoms with E-state index in [0.717, 1.165) is 17.0 Å².